The number of aliphatic hydroxyl groups excluding tert-OH is 1. The first-order valence-electron chi connectivity index (χ1n) is 8.61. The Kier molecular flexibility index (Phi) is 6.58. The van der Waals surface area contributed by atoms with Crippen LogP contribution in [0.15, 0.2) is 42.5 Å². The van der Waals surface area contributed by atoms with E-state index in [1.54, 1.807) is 32.9 Å². The summed E-state index contributed by atoms with van der Waals surface area (Å²) < 4.78 is 10.1. The maximum Gasteiger partial charge on any atom is 0.407 e. The third kappa shape index (κ3) is 6.11. The first-order valence-corrected chi connectivity index (χ1v) is 8.61. The Morgan fingerprint density at radius 2 is 1.74 bits per heavy atom. The lowest BCUT2D eigenvalue weighted by atomic mass is 9.98. The van der Waals surface area contributed by atoms with E-state index in [0.29, 0.717) is 5.56 Å². The van der Waals surface area contributed by atoms with Gasteiger partial charge in [-0.05, 0) is 67.3 Å². The molecule has 0 aliphatic rings. The molecule has 0 unspecified atom stereocenters. The van der Waals surface area contributed by atoms with Crippen LogP contribution in [-0.4, -0.2) is 29.9 Å². The number of nitrogens with one attached hydrogen (secondary N) is 1. The first-order chi connectivity index (χ1) is 12.7. The summed E-state index contributed by atoms with van der Waals surface area (Å²) in [5.41, 5.74) is 2.93. The van der Waals surface area contributed by atoms with Gasteiger partial charge in [0.1, 0.15) is 5.60 Å². The zero-order valence-corrected chi connectivity index (χ0v) is 16.0. The Morgan fingerprint density at radius 3 is 2.37 bits per heavy atom. The fraction of sp³-hybridized carbons (Fsp3) is 0.333. The van der Waals surface area contributed by atoms with Crippen molar-refractivity contribution >= 4 is 12.1 Å². The highest BCUT2D eigenvalue weighted by Crippen LogP contribution is 2.24. The Balaban J connectivity index is 2.31. The smallest absolute Gasteiger partial charge is 0.407 e. The van der Waals surface area contributed by atoms with Crippen LogP contribution in [0.3, 0.4) is 0 Å². The van der Waals surface area contributed by atoms with Crippen LogP contribution in [0.5, 0.6) is 0 Å². The van der Waals surface area contributed by atoms with Gasteiger partial charge in [0.2, 0.25) is 0 Å². The third-order valence-electron chi connectivity index (χ3n) is 3.69. The van der Waals surface area contributed by atoms with Gasteiger partial charge in [0.25, 0.3) is 0 Å². The minimum Gasteiger partial charge on any atom is -0.465 e. The van der Waals surface area contributed by atoms with Gasteiger partial charge < -0.3 is 19.9 Å². The van der Waals surface area contributed by atoms with Crippen LogP contribution < -0.4 is 5.32 Å². The number of ether oxygens (including phenoxy) is 2. The van der Waals surface area contributed by atoms with Gasteiger partial charge in [0.15, 0.2) is 0 Å². The molecular formula is C21H25NO5. The van der Waals surface area contributed by atoms with Gasteiger partial charge in [0.05, 0.1) is 19.3 Å². The van der Waals surface area contributed by atoms with Crippen LogP contribution in [0.2, 0.25) is 0 Å². The van der Waals surface area contributed by atoms with E-state index in [1.807, 2.05) is 30.3 Å². The molecular weight excluding hydrogens is 346 g/mol. The van der Waals surface area contributed by atoms with E-state index in [1.165, 1.54) is 7.11 Å². The van der Waals surface area contributed by atoms with Crippen molar-refractivity contribution in [2.24, 2.45) is 0 Å². The quantitative estimate of drug-likeness (QED) is 0.784. The highest BCUT2D eigenvalue weighted by atomic mass is 16.6. The number of benzene rings is 2. The summed E-state index contributed by atoms with van der Waals surface area (Å²) in [6.45, 7) is 5.49. The van der Waals surface area contributed by atoms with Crippen molar-refractivity contribution in [3.8, 4) is 11.1 Å². The maximum atomic E-state index is 12.0. The number of esters is 1. The third-order valence-corrected chi connectivity index (χ3v) is 3.69. The second-order valence-corrected chi connectivity index (χ2v) is 7.12. The van der Waals surface area contributed by atoms with Gasteiger partial charge in [-0.25, -0.2) is 9.59 Å². The summed E-state index contributed by atoms with van der Waals surface area (Å²) in [7, 11) is 1.32. The molecule has 2 aromatic rings. The van der Waals surface area contributed by atoms with Gasteiger partial charge in [-0.15, -0.1) is 0 Å². The predicted molar refractivity (Wildman–Crippen MR) is 102 cm³/mol. The normalized spacial score (nSPS) is 11.0. The number of hydrogen-bond acceptors (Lipinski definition) is 5. The van der Waals surface area contributed by atoms with E-state index in [2.05, 4.69) is 5.32 Å². The van der Waals surface area contributed by atoms with Crippen LogP contribution >= 0.6 is 0 Å². The first kappa shape index (κ1) is 20.5. The number of aliphatic hydroxyl groups is 1. The van der Waals surface area contributed by atoms with Gasteiger partial charge in [0, 0.05) is 6.54 Å². The van der Waals surface area contributed by atoms with Gasteiger partial charge in [-0.2, -0.15) is 0 Å². The number of amides is 1. The molecule has 0 saturated carbocycles. The lowest BCUT2D eigenvalue weighted by molar-refractivity contribution is 0.0523. The summed E-state index contributed by atoms with van der Waals surface area (Å²) in [5.74, 6) is -0.464. The van der Waals surface area contributed by atoms with Gasteiger partial charge in [-0.1, -0.05) is 18.2 Å². The minimum atomic E-state index is -0.589. The zero-order valence-electron chi connectivity index (χ0n) is 16.0. The van der Waals surface area contributed by atoms with E-state index in [0.717, 1.165) is 22.3 Å². The average molecular weight is 371 g/mol. The topological polar surface area (TPSA) is 84.9 Å². The Bertz CT molecular complexity index is 824. The van der Waals surface area contributed by atoms with Crippen LogP contribution in [0, 0.1) is 0 Å². The molecule has 6 heteroatoms. The van der Waals surface area contributed by atoms with Crippen LogP contribution in [0.1, 0.15) is 42.3 Å². The molecule has 0 radical (unpaired) electrons. The molecule has 0 aliphatic heterocycles. The molecule has 1 amide bonds. The van der Waals surface area contributed by atoms with Crippen LogP contribution in [0.4, 0.5) is 4.79 Å². The molecule has 2 aromatic carbocycles. The molecule has 0 fully saturated rings. The summed E-state index contributed by atoms with van der Waals surface area (Å²) in [6, 6.07) is 12.7. The molecule has 0 spiro atoms. The number of alkyl carbamates (subject to hydrolysis) is 1. The second kappa shape index (κ2) is 8.68. The molecule has 2 N–H and O–H groups in total. The lowest BCUT2D eigenvalue weighted by Crippen LogP contribution is -2.32. The van der Waals surface area contributed by atoms with E-state index in [4.69, 9.17) is 9.47 Å². The van der Waals surface area contributed by atoms with Gasteiger partial charge >= 0.3 is 12.1 Å². The van der Waals surface area contributed by atoms with Gasteiger partial charge in [-0.3, -0.25) is 0 Å². The van der Waals surface area contributed by atoms with Crippen molar-refractivity contribution in [2.45, 2.75) is 39.5 Å². The molecule has 2 rings (SSSR count). The molecule has 27 heavy (non-hydrogen) atoms. The highest BCUT2D eigenvalue weighted by molar-refractivity contribution is 5.91. The number of carbonyl (C=O) groups excluding carboxylic acids is 2. The van der Waals surface area contributed by atoms with Crippen molar-refractivity contribution < 1.29 is 24.2 Å². The fourth-order valence-electron chi connectivity index (χ4n) is 2.53. The predicted octanol–water partition coefficient (Wildman–Crippen LogP) is 3.66. The lowest BCUT2D eigenvalue weighted by Gasteiger charge is -2.20. The number of carbonyl (C=O) groups is 2. The Hall–Kier alpha value is -2.86. The summed E-state index contributed by atoms with van der Waals surface area (Å²) in [6.07, 6.45) is -0.533. The van der Waals surface area contributed by atoms with E-state index < -0.39 is 17.7 Å². The molecule has 0 aromatic heterocycles. The number of hydrogen-bond donors (Lipinski definition) is 2. The van der Waals surface area contributed by atoms with Crippen molar-refractivity contribution in [3.05, 3.63) is 59.2 Å². The Morgan fingerprint density at radius 1 is 1.04 bits per heavy atom. The summed E-state index contributed by atoms with van der Waals surface area (Å²) in [4.78, 5) is 23.9. The number of methoxy groups -OCH3 is 1. The zero-order chi connectivity index (χ0) is 20.0. The monoisotopic (exact) mass is 371 g/mol. The molecule has 0 heterocycles. The van der Waals surface area contributed by atoms with E-state index >= 15 is 0 Å². The molecule has 0 atom stereocenters. The second-order valence-electron chi connectivity index (χ2n) is 7.12. The van der Waals surface area contributed by atoms with E-state index in [9.17, 15) is 14.7 Å². The van der Waals surface area contributed by atoms with Crippen molar-refractivity contribution in [2.75, 3.05) is 7.11 Å². The average Bonchev–Trinajstić information content (AvgIpc) is 2.64. The van der Waals surface area contributed by atoms with Crippen molar-refractivity contribution in [1.29, 1.82) is 0 Å². The fourth-order valence-corrected chi connectivity index (χ4v) is 2.53. The van der Waals surface area contributed by atoms with Crippen molar-refractivity contribution in [3.63, 3.8) is 0 Å². The van der Waals surface area contributed by atoms with Crippen LogP contribution in [0.25, 0.3) is 11.1 Å². The standard InChI is InChI=1S/C21H25NO5/c1-21(2,3)27-20(25)22-12-15-9-17(11-18(10-15)19(24)26-4)16-7-5-6-14(8-16)13-23/h5-11,23H,12-13H2,1-4H3,(H,22,25). The summed E-state index contributed by atoms with van der Waals surface area (Å²) in [5, 5.41) is 12.0. The SMILES string of the molecule is COC(=O)c1cc(CNC(=O)OC(C)(C)C)cc(-c2cccc(CO)c2)c1. The molecule has 6 nitrogen and oxygen atoms in total. The van der Waals surface area contributed by atoms with E-state index in [-0.39, 0.29) is 13.2 Å². The Labute approximate surface area is 159 Å². The maximum absolute atomic E-state index is 12.0. The van der Waals surface area contributed by atoms with Crippen molar-refractivity contribution in [1.82, 2.24) is 5.32 Å². The molecule has 0 aliphatic carbocycles. The summed E-state index contributed by atoms with van der Waals surface area (Å²) >= 11 is 0. The largest absolute Gasteiger partial charge is 0.465 e. The minimum absolute atomic E-state index is 0.0718. The molecule has 0 bridgehead atoms. The van der Waals surface area contributed by atoms with Crippen LogP contribution in [-0.2, 0) is 22.6 Å². The highest BCUT2D eigenvalue weighted by Gasteiger charge is 2.16. The molecule has 0 saturated heterocycles. The molecule has 144 valence electrons. The number of rotatable bonds is 5.